The van der Waals surface area contributed by atoms with Crippen molar-refractivity contribution >= 4 is 6.03 Å². The Kier molecular flexibility index (Phi) is 5.35. The summed E-state index contributed by atoms with van der Waals surface area (Å²) in [4.78, 5) is 13.5. The number of carbonyl (C=O) groups is 1. The van der Waals surface area contributed by atoms with Crippen molar-refractivity contribution in [2.75, 3.05) is 19.6 Å². The molecule has 0 saturated heterocycles. The first-order valence-electron chi connectivity index (χ1n) is 6.54. The molecule has 0 radical (unpaired) electrons. The number of likely N-dealkylation sites (N-methyl/N-ethyl adjacent to an activating group) is 1. The van der Waals surface area contributed by atoms with Crippen molar-refractivity contribution in [3.8, 4) is 0 Å². The summed E-state index contributed by atoms with van der Waals surface area (Å²) in [7, 11) is 1.87. The zero-order valence-corrected chi connectivity index (χ0v) is 12.2. The molecule has 1 aromatic rings. The molecular formula is C13H24N4O2. The lowest BCUT2D eigenvalue weighted by molar-refractivity contribution is 0.0480. The van der Waals surface area contributed by atoms with Gasteiger partial charge in [-0.05, 0) is 32.8 Å². The number of hydrogen-bond acceptors (Lipinski definition) is 3. The molecule has 0 aromatic carbocycles. The van der Waals surface area contributed by atoms with E-state index in [4.69, 9.17) is 0 Å². The Balaban J connectivity index is 2.36. The van der Waals surface area contributed by atoms with Crippen molar-refractivity contribution in [2.45, 2.75) is 32.8 Å². The van der Waals surface area contributed by atoms with E-state index in [0.717, 1.165) is 12.0 Å². The van der Waals surface area contributed by atoms with Crippen LogP contribution in [-0.2, 0) is 13.5 Å². The van der Waals surface area contributed by atoms with Gasteiger partial charge in [-0.25, -0.2) is 4.79 Å². The second-order valence-corrected chi connectivity index (χ2v) is 5.33. The Morgan fingerprint density at radius 1 is 1.58 bits per heavy atom. The number of urea groups is 1. The monoisotopic (exact) mass is 268 g/mol. The van der Waals surface area contributed by atoms with Crippen LogP contribution in [0.2, 0.25) is 0 Å². The average molecular weight is 268 g/mol. The summed E-state index contributed by atoms with van der Waals surface area (Å²) in [5.41, 5.74) is 0.213. The van der Waals surface area contributed by atoms with Crippen molar-refractivity contribution in [1.29, 1.82) is 0 Å². The van der Waals surface area contributed by atoms with Gasteiger partial charge < -0.3 is 15.3 Å². The van der Waals surface area contributed by atoms with Gasteiger partial charge in [-0.3, -0.25) is 4.68 Å². The first kappa shape index (κ1) is 15.5. The van der Waals surface area contributed by atoms with E-state index in [1.165, 1.54) is 0 Å². The number of nitrogens with zero attached hydrogens (tertiary/aromatic N) is 3. The van der Waals surface area contributed by atoms with Crippen LogP contribution in [0.3, 0.4) is 0 Å². The molecule has 1 heterocycles. The molecule has 0 unspecified atom stereocenters. The molecule has 0 aliphatic heterocycles. The predicted molar refractivity (Wildman–Crippen MR) is 73.9 cm³/mol. The van der Waals surface area contributed by atoms with Crippen LogP contribution in [0.5, 0.6) is 0 Å². The minimum atomic E-state index is -0.878. The van der Waals surface area contributed by atoms with Crippen LogP contribution in [0.1, 0.15) is 26.3 Å². The lowest BCUT2D eigenvalue weighted by Crippen LogP contribution is -2.47. The summed E-state index contributed by atoms with van der Waals surface area (Å²) in [6.07, 6.45) is 4.47. The highest BCUT2D eigenvalue weighted by Gasteiger charge is 2.20. The van der Waals surface area contributed by atoms with Gasteiger partial charge in [-0.1, -0.05) is 0 Å². The fourth-order valence-corrected chi connectivity index (χ4v) is 1.82. The highest BCUT2D eigenvalue weighted by Crippen LogP contribution is 2.05. The fraction of sp³-hybridized carbons (Fsp3) is 0.692. The van der Waals surface area contributed by atoms with E-state index < -0.39 is 5.60 Å². The number of rotatable bonds is 6. The highest BCUT2D eigenvalue weighted by atomic mass is 16.3. The molecule has 2 N–H and O–H groups in total. The van der Waals surface area contributed by atoms with E-state index in [0.29, 0.717) is 19.6 Å². The van der Waals surface area contributed by atoms with Crippen LogP contribution in [0, 0.1) is 0 Å². The molecule has 6 nitrogen and oxygen atoms in total. The van der Waals surface area contributed by atoms with Gasteiger partial charge in [0, 0.05) is 26.3 Å². The Morgan fingerprint density at radius 3 is 2.74 bits per heavy atom. The maximum atomic E-state index is 11.9. The van der Waals surface area contributed by atoms with Gasteiger partial charge in [0.25, 0.3) is 0 Å². The predicted octanol–water partition coefficient (Wildman–Crippen LogP) is 0.765. The number of aromatic nitrogens is 2. The Morgan fingerprint density at radius 2 is 2.26 bits per heavy atom. The van der Waals surface area contributed by atoms with Crippen LogP contribution in [-0.4, -0.2) is 51.1 Å². The third-order valence-corrected chi connectivity index (χ3v) is 2.69. The Labute approximate surface area is 114 Å². The molecule has 0 spiro atoms. The molecule has 0 aliphatic carbocycles. The van der Waals surface area contributed by atoms with Crippen molar-refractivity contribution in [2.24, 2.45) is 7.05 Å². The molecule has 2 amide bonds. The minimum absolute atomic E-state index is 0.145. The van der Waals surface area contributed by atoms with Crippen LogP contribution in [0.25, 0.3) is 0 Å². The molecule has 0 atom stereocenters. The molecule has 1 rings (SSSR count). The SMILES string of the molecule is CCN(CC(C)(C)O)C(=O)NCCc1cnn(C)c1. The van der Waals surface area contributed by atoms with E-state index in [2.05, 4.69) is 10.4 Å². The molecule has 0 fully saturated rings. The lowest BCUT2D eigenvalue weighted by atomic mass is 10.1. The first-order valence-corrected chi connectivity index (χ1v) is 6.54. The third kappa shape index (κ3) is 5.74. The zero-order chi connectivity index (χ0) is 14.5. The van der Waals surface area contributed by atoms with Crippen LogP contribution >= 0.6 is 0 Å². The minimum Gasteiger partial charge on any atom is -0.389 e. The lowest BCUT2D eigenvalue weighted by Gasteiger charge is -2.28. The molecule has 108 valence electrons. The van der Waals surface area contributed by atoms with Gasteiger partial charge in [0.15, 0.2) is 0 Å². The van der Waals surface area contributed by atoms with Gasteiger partial charge in [0.2, 0.25) is 0 Å². The molecule has 1 aromatic heterocycles. The number of aliphatic hydroxyl groups is 1. The number of nitrogens with one attached hydrogen (secondary N) is 1. The second-order valence-electron chi connectivity index (χ2n) is 5.33. The van der Waals surface area contributed by atoms with Crippen molar-refractivity contribution in [3.63, 3.8) is 0 Å². The summed E-state index contributed by atoms with van der Waals surface area (Å²) in [6, 6.07) is -0.145. The zero-order valence-electron chi connectivity index (χ0n) is 12.2. The Hall–Kier alpha value is -1.56. The maximum absolute atomic E-state index is 11.9. The van der Waals surface area contributed by atoms with Crippen LogP contribution in [0.15, 0.2) is 12.4 Å². The smallest absolute Gasteiger partial charge is 0.317 e. The number of aryl methyl sites for hydroxylation is 1. The van der Waals surface area contributed by atoms with Gasteiger partial charge >= 0.3 is 6.03 Å². The summed E-state index contributed by atoms with van der Waals surface area (Å²) in [5.74, 6) is 0. The summed E-state index contributed by atoms with van der Waals surface area (Å²) < 4.78 is 1.74. The van der Waals surface area contributed by atoms with Gasteiger partial charge in [-0.15, -0.1) is 0 Å². The van der Waals surface area contributed by atoms with Crippen molar-refractivity contribution in [1.82, 2.24) is 20.0 Å². The summed E-state index contributed by atoms with van der Waals surface area (Å²) in [6.45, 7) is 6.74. The largest absolute Gasteiger partial charge is 0.389 e. The molecule has 0 saturated carbocycles. The van der Waals surface area contributed by atoms with E-state index in [1.807, 2.05) is 20.2 Å². The summed E-state index contributed by atoms with van der Waals surface area (Å²) >= 11 is 0. The van der Waals surface area contributed by atoms with Gasteiger partial charge in [0.05, 0.1) is 18.3 Å². The maximum Gasteiger partial charge on any atom is 0.317 e. The molecule has 0 bridgehead atoms. The Bertz CT molecular complexity index is 409. The highest BCUT2D eigenvalue weighted by molar-refractivity contribution is 5.74. The normalized spacial score (nSPS) is 11.4. The fourth-order valence-electron chi connectivity index (χ4n) is 1.82. The van der Waals surface area contributed by atoms with Crippen LogP contribution in [0.4, 0.5) is 4.79 Å². The molecule has 6 heteroatoms. The summed E-state index contributed by atoms with van der Waals surface area (Å²) in [5, 5.41) is 16.7. The van der Waals surface area contributed by atoms with E-state index in [-0.39, 0.29) is 6.03 Å². The molecule has 0 aliphatic rings. The number of amides is 2. The van der Waals surface area contributed by atoms with E-state index in [1.54, 1.807) is 29.6 Å². The third-order valence-electron chi connectivity index (χ3n) is 2.69. The van der Waals surface area contributed by atoms with E-state index >= 15 is 0 Å². The van der Waals surface area contributed by atoms with Gasteiger partial charge in [0.1, 0.15) is 0 Å². The van der Waals surface area contributed by atoms with Crippen LogP contribution < -0.4 is 5.32 Å². The topological polar surface area (TPSA) is 70.4 Å². The average Bonchev–Trinajstić information content (AvgIpc) is 2.70. The second kappa shape index (κ2) is 6.56. The standard InChI is InChI=1S/C13H24N4O2/c1-5-17(10-13(2,3)19)12(18)14-7-6-11-8-15-16(4)9-11/h8-9,19H,5-7,10H2,1-4H3,(H,14,18). The molecular weight excluding hydrogens is 244 g/mol. The number of hydrogen-bond donors (Lipinski definition) is 2. The number of carbonyl (C=O) groups excluding carboxylic acids is 1. The van der Waals surface area contributed by atoms with Crippen molar-refractivity contribution in [3.05, 3.63) is 18.0 Å². The van der Waals surface area contributed by atoms with Gasteiger partial charge in [-0.2, -0.15) is 5.10 Å². The van der Waals surface area contributed by atoms with Crippen molar-refractivity contribution < 1.29 is 9.90 Å². The molecule has 19 heavy (non-hydrogen) atoms. The quantitative estimate of drug-likeness (QED) is 0.800. The first-order chi connectivity index (χ1) is 8.81. The van der Waals surface area contributed by atoms with E-state index in [9.17, 15) is 9.90 Å².